The molecule has 186 valence electrons. The van der Waals surface area contributed by atoms with Crippen LogP contribution in [0.25, 0.3) is 21.2 Å². The molecular weight excluding hydrogens is 490 g/mol. The predicted octanol–water partition coefficient (Wildman–Crippen LogP) is 7.50. The number of fused-ring (bicyclic) bond motifs is 1. The minimum Gasteiger partial charge on any atom is -0.508 e. The van der Waals surface area contributed by atoms with Crippen molar-refractivity contribution in [1.82, 2.24) is 4.90 Å². The standard InChI is InChI=1S/C30H30ClNO3S/c1-18-10-11-32(17-18)12-13-35-24-7-4-21(5-8-24)28-25-9-6-23(33)16-26(25)36-30(28)29(34)27-19(2)14-22(31)15-20(27)3/h4-9,14-16,18,33H,10-13,17H2,1-3H3/t18-/m0/s1. The van der Waals surface area contributed by atoms with Gasteiger partial charge >= 0.3 is 0 Å². The molecule has 6 heteroatoms. The molecule has 1 atom stereocenters. The van der Waals surface area contributed by atoms with Crippen molar-refractivity contribution < 1.29 is 14.6 Å². The highest BCUT2D eigenvalue weighted by atomic mass is 35.5. The van der Waals surface area contributed by atoms with E-state index in [4.69, 9.17) is 16.3 Å². The first kappa shape index (κ1) is 24.8. The highest BCUT2D eigenvalue weighted by Crippen LogP contribution is 2.42. The Morgan fingerprint density at radius 1 is 1.11 bits per heavy atom. The Morgan fingerprint density at radius 2 is 1.83 bits per heavy atom. The van der Waals surface area contributed by atoms with Gasteiger partial charge in [-0.25, -0.2) is 0 Å². The maximum Gasteiger partial charge on any atom is 0.204 e. The normalized spacial score (nSPS) is 16.1. The van der Waals surface area contributed by atoms with Gasteiger partial charge in [0.1, 0.15) is 18.1 Å². The summed E-state index contributed by atoms with van der Waals surface area (Å²) < 4.78 is 6.89. The average molecular weight is 520 g/mol. The van der Waals surface area contributed by atoms with E-state index in [0.717, 1.165) is 63.6 Å². The molecule has 1 aromatic heterocycles. The Kier molecular flexibility index (Phi) is 7.07. The lowest BCUT2D eigenvalue weighted by atomic mass is 9.94. The quantitative estimate of drug-likeness (QED) is 0.257. The number of likely N-dealkylation sites (tertiary alicyclic amines) is 1. The summed E-state index contributed by atoms with van der Waals surface area (Å²) in [5.74, 6) is 1.74. The fraction of sp³-hybridized carbons (Fsp3) is 0.300. The summed E-state index contributed by atoms with van der Waals surface area (Å²) in [6.07, 6.45) is 1.26. The molecule has 0 aliphatic carbocycles. The summed E-state index contributed by atoms with van der Waals surface area (Å²) in [7, 11) is 0. The molecule has 0 bridgehead atoms. The number of rotatable bonds is 7. The molecule has 3 aromatic carbocycles. The number of ether oxygens (including phenoxy) is 1. The van der Waals surface area contributed by atoms with E-state index in [1.54, 1.807) is 12.1 Å². The number of hydrogen-bond donors (Lipinski definition) is 1. The largest absolute Gasteiger partial charge is 0.508 e. The lowest BCUT2D eigenvalue weighted by Crippen LogP contribution is -2.25. The van der Waals surface area contributed by atoms with Gasteiger partial charge in [-0.1, -0.05) is 30.7 Å². The van der Waals surface area contributed by atoms with E-state index in [1.807, 2.05) is 56.3 Å². The molecule has 1 N–H and O–H groups in total. The second-order valence-electron chi connectivity index (χ2n) is 9.80. The van der Waals surface area contributed by atoms with Crippen LogP contribution in [0.5, 0.6) is 11.5 Å². The zero-order valence-electron chi connectivity index (χ0n) is 20.8. The molecule has 1 fully saturated rings. The predicted molar refractivity (Wildman–Crippen MR) is 149 cm³/mol. The monoisotopic (exact) mass is 519 g/mol. The number of nitrogens with zero attached hydrogens (tertiary/aromatic N) is 1. The highest BCUT2D eigenvalue weighted by molar-refractivity contribution is 7.21. The zero-order chi connectivity index (χ0) is 25.4. The lowest BCUT2D eigenvalue weighted by Gasteiger charge is -2.15. The van der Waals surface area contributed by atoms with Gasteiger partial charge in [-0.2, -0.15) is 0 Å². The lowest BCUT2D eigenvalue weighted by molar-refractivity contribution is 0.104. The van der Waals surface area contributed by atoms with Gasteiger partial charge in [0.15, 0.2) is 0 Å². The summed E-state index contributed by atoms with van der Waals surface area (Å²) in [6, 6.07) is 16.9. The van der Waals surface area contributed by atoms with Crippen LogP contribution in [0.15, 0.2) is 54.6 Å². The molecule has 4 aromatic rings. The molecular formula is C30H30ClNO3S. The van der Waals surface area contributed by atoms with E-state index >= 15 is 0 Å². The zero-order valence-corrected chi connectivity index (χ0v) is 22.4. The molecule has 0 unspecified atom stereocenters. The Balaban J connectivity index is 1.46. The van der Waals surface area contributed by atoms with Crippen molar-refractivity contribution in [3.8, 4) is 22.6 Å². The van der Waals surface area contributed by atoms with E-state index in [2.05, 4.69) is 11.8 Å². The second kappa shape index (κ2) is 10.3. The molecule has 4 nitrogen and oxygen atoms in total. The fourth-order valence-electron chi connectivity index (χ4n) is 5.15. The number of phenolic OH excluding ortho intramolecular Hbond substituents is 1. The SMILES string of the molecule is Cc1cc(Cl)cc(C)c1C(=O)c1sc2cc(O)ccc2c1-c1ccc(OCCN2CC[C@H](C)C2)cc1. The highest BCUT2D eigenvalue weighted by Gasteiger charge is 2.24. The third-order valence-electron chi connectivity index (χ3n) is 6.93. The third-order valence-corrected chi connectivity index (χ3v) is 8.30. The first-order valence-electron chi connectivity index (χ1n) is 12.3. The minimum atomic E-state index is -0.0301. The van der Waals surface area contributed by atoms with Crippen molar-refractivity contribution in [1.29, 1.82) is 0 Å². The first-order valence-corrected chi connectivity index (χ1v) is 13.5. The van der Waals surface area contributed by atoms with Crippen molar-refractivity contribution in [3.05, 3.63) is 81.2 Å². The summed E-state index contributed by atoms with van der Waals surface area (Å²) >= 11 is 7.64. The van der Waals surface area contributed by atoms with Crippen molar-refractivity contribution >= 4 is 38.8 Å². The van der Waals surface area contributed by atoms with E-state index < -0.39 is 0 Å². The van der Waals surface area contributed by atoms with Gasteiger partial charge in [-0.3, -0.25) is 9.69 Å². The molecule has 1 saturated heterocycles. The van der Waals surface area contributed by atoms with Crippen LogP contribution in [0.1, 0.15) is 39.7 Å². The van der Waals surface area contributed by atoms with Gasteiger partial charge in [0, 0.05) is 39.3 Å². The van der Waals surface area contributed by atoms with Gasteiger partial charge in [0.2, 0.25) is 5.78 Å². The first-order chi connectivity index (χ1) is 17.3. The average Bonchev–Trinajstić information content (AvgIpc) is 3.41. The smallest absolute Gasteiger partial charge is 0.204 e. The van der Waals surface area contributed by atoms with Crippen molar-refractivity contribution in [2.45, 2.75) is 27.2 Å². The molecule has 0 amide bonds. The Hall–Kier alpha value is -2.86. The number of carbonyl (C=O) groups is 1. The number of hydrogen-bond acceptors (Lipinski definition) is 5. The number of benzene rings is 3. The summed E-state index contributed by atoms with van der Waals surface area (Å²) in [6.45, 7) is 10.0. The van der Waals surface area contributed by atoms with Gasteiger partial charge in [0.05, 0.1) is 4.88 Å². The second-order valence-corrected chi connectivity index (χ2v) is 11.3. The molecule has 1 aliphatic heterocycles. The molecule has 0 spiro atoms. The number of phenols is 1. The van der Waals surface area contributed by atoms with Crippen LogP contribution >= 0.6 is 22.9 Å². The maximum absolute atomic E-state index is 13.9. The number of ketones is 1. The Morgan fingerprint density at radius 3 is 2.50 bits per heavy atom. The van der Waals surface area contributed by atoms with Crippen LogP contribution in [0.3, 0.4) is 0 Å². The summed E-state index contributed by atoms with van der Waals surface area (Å²) in [5, 5.41) is 11.6. The van der Waals surface area contributed by atoms with Gasteiger partial charge in [0.25, 0.3) is 0 Å². The van der Waals surface area contributed by atoms with Crippen molar-refractivity contribution in [2.75, 3.05) is 26.2 Å². The number of halogens is 1. The van der Waals surface area contributed by atoms with Gasteiger partial charge in [-0.15, -0.1) is 11.3 Å². The van der Waals surface area contributed by atoms with E-state index in [1.165, 1.54) is 17.8 Å². The molecule has 5 rings (SSSR count). The fourth-order valence-corrected chi connectivity index (χ4v) is 6.69. The van der Waals surface area contributed by atoms with Crippen LogP contribution in [0.2, 0.25) is 5.02 Å². The van der Waals surface area contributed by atoms with E-state index in [0.29, 0.717) is 22.1 Å². The minimum absolute atomic E-state index is 0.0301. The van der Waals surface area contributed by atoms with Crippen LogP contribution in [-0.2, 0) is 0 Å². The Bertz CT molecular complexity index is 1400. The number of aryl methyl sites for hydroxylation is 2. The number of thiophene rings is 1. The van der Waals surface area contributed by atoms with Crippen LogP contribution in [0, 0.1) is 19.8 Å². The van der Waals surface area contributed by atoms with E-state index in [9.17, 15) is 9.90 Å². The molecule has 36 heavy (non-hydrogen) atoms. The molecule has 1 aliphatic rings. The Labute approximate surface area is 221 Å². The summed E-state index contributed by atoms with van der Waals surface area (Å²) in [4.78, 5) is 17.0. The van der Waals surface area contributed by atoms with Crippen LogP contribution < -0.4 is 4.74 Å². The van der Waals surface area contributed by atoms with Crippen LogP contribution in [-0.4, -0.2) is 42.0 Å². The molecule has 0 radical (unpaired) electrons. The third kappa shape index (κ3) is 5.01. The number of aromatic hydroxyl groups is 1. The van der Waals surface area contributed by atoms with E-state index in [-0.39, 0.29) is 11.5 Å². The van der Waals surface area contributed by atoms with Crippen molar-refractivity contribution in [3.63, 3.8) is 0 Å². The van der Waals surface area contributed by atoms with Crippen LogP contribution in [0.4, 0.5) is 0 Å². The maximum atomic E-state index is 13.9. The van der Waals surface area contributed by atoms with Gasteiger partial charge < -0.3 is 9.84 Å². The van der Waals surface area contributed by atoms with Crippen molar-refractivity contribution in [2.24, 2.45) is 5.92 Å². The summed E-state index contributed by atoms with van der Waals surface area (Å²) in [5.41, 5.74) is 4.21. The van der Waals surface area contributed by atoms with Gasteiger partial charge in [-0.05, 0) is 91.9 Å². The number of carbonyl (C=O) groups excluding carboxylic acids is 1. The molecule has 2 heterocycles. The topological polar surface area (TPSA) is 49.8 Å². The molecule has 0 saturated carbocycles.